The highest BCUT2D eigenvalue weighted by molar-refractivity contribution is 4.98. The molecule has 1 heterocycles. The van der Waals surface area contributed by atoms with E-state index in [1.165, 1.54) is 25.7 Å². The zero-order valence-corrected chi connectivity index (χ0v) is 9.05. The van der Waals surface area contributed by atoms with E-state index in [0.29, 0.717) is 6.61 Å². The lowest BCUT2D eigenvalue weighted by Gasteiger charge is -2.21. The van der Waals surface area contributed by atoms with Crippen molar-refractivity contribution < 1.29 is 9.47 Å². The molecular formula is C12H20O2. The van der Waals surface area contributed by atoms with Crippen LogP contribution in [0.25, 0.3) is 0 Å². The minimum Gasteiger partial charge on any atom is -0.353 e. The Bertz CT molecular complexity index is 184. The first-order valence-corrected chi connectivity index (χ1v) is 5.62. The van der Waals surface area contributed by atoms with Crippen LogP contribution >= 0.6 is 0 Å². The Morgan fingerprint density at radius 2 is 2.29 bits per heavy atom. The van der Waals surface area contributed by atoms with Gasteiger partial charge in [0.1, 0.15) is 6.61 Å². The maximum absolute atomic E-state index is 5.47. The quantitative estimate of drug-likeness (QED) is 0.508. The molecule has 2 nitrogen and oxygen atoms in total. The van der Waals surface area contributed by atoms with Crippen LogP contribution in [0.4, 0.5) is 0 Å². The summed E-state index contributed by atoms with van der Waals surface area (Å²) in [7, 11) is 0. The van der Waals surface area contributed by atoms with Gasteiger partial charge in [-0.1, -0.05) is 19.3 Å². The number of ether oxygens (including phenoxy) is 2. The van der Waals surface area contributed by atoms with Crippen molar-refractivity contribution in [1.29, 1.82) is 0 Å². The van der Waals surface area contributed by atoms with E-state index < -0.39 is 0 Å². The van der Waals surface area contributed by atoms with Crippen LogP contribution in [0.2, 0.25) is 0 Å². The predicted octanol–water partition coefficient (Wildman–Crippen LogP) is 2.72. The van der Waals surface area contributed by atoms with Gasteiger partial charge in [-0.2, -0.15) is 0 Å². The highest BCUT2D eigenvalue weighted by atomic mass is 16.7. The maximum Gasteiger partial charge on any atom is 0.158 e. The summed E-state index contributed by atoms with van der Waals surface area (Å²) < 4.78 is 10.9. The highest BCUT2D eigenvalue weighted by Crippen LogP contribution is 2.12. The van der Waals surface area contributed by atoms with Crippen molar-refractivity contribution in [3.8, 4) is 11.8 Å². The lowest BCUT2D eigenvalue weighted by Crippen LogP contribution is -2.22. The lowest BCUT2D eigenvalue weighted by molar-refractivity contribution is -0.154. The Labute approximate surface area is 87.0 Å². The van der Waals surface area contributed by atoms with Gasteiger partial charge in [-0.05, 0) is 25.7 Å². The molecule has 1 fully saturated rings. The van der Waals surface area contributed by atoms with Crippen LogP contribution in [0, 0.1) is 11.8 Å². The van der Waals surface area contributed by atoms with Gasteiger partial charge >= 0.3 is 0 Å². The Morgan fingerprint density at radius 1 is 1.36 bits per heavy atom. The molecule has 2 heteroatoms. The van der Waals surface area contributed by atoms with Crippen molar-refractivity contribution in [2.24, 2.45) is 0 Å². The molecule has 0 aromatic heterocycles. The van der Waals surface area contributed by atoms with Crippen molar-refractivity contribution in [1.82, 2.24) is 0 Å². The van der Waals surface area contributed by atoms with Gasteiger partial charge in [-0.25, -0.2) is 0 Å². The van der Waals surface area contributed by atoms with E-state index >= 15 is 0 Å². The van der Waals surface area contributed by atoms with Crippen molar-refractivity contribution in [3.05, 3.63) is 0 Å². The van der Waals surface area contributed by atoms with E-state index in [9.17, 15) is 0 Å². The first-order valence-electron chi connectivity index (χ1n) is 5.62. The monoisotopic (exact) mass is 196 g/mol. The first-order chi connectivity index (χ1) is 6.93. The third-order valence-electron chi connectivity index (χ3n) is 2.26. The molecule has 0 aliphatic carbocycles. The molecule has 1 unspecified atom stereocenters. The Balaban J connectivity index is 1.98. The molecule has 14 heavy (non-hydrogen) atoms. The minimum atomic E-state index is 0.00391. The summed E-state index contributed by atoms with van der Waals surface area (Å²) in [4.78, 5) is 0. The van der Waals surface area contributed by atoms with Crippen LogP contribution in [-0.2, 0) is 9.47 Å². The van der Waals surface area contributed by atoms with E-state index in [4.69, 9.17) is 9.47 Å². The second-order valence-electron chi connectivity index (χ2n) is 3.56. The normalized spacial score (nSPS) is 21.4. The SMILES string of the molecule is CCCCC#CCOC1CCCCO1. The summed E-state index contributed by atoms with van der Waals surface area (Å²) >= 11 is 0. The third-order valence-corrected chi connectivity index (χ3v) is 2.26. The molecule has 80 valence electrons. The molecule has 0 aromatic rings. The standard InChI is InChI=1S/C12H20O2/c1-2-3-4-5-7-10-13-12-9-6-8-11-14-12/h12H,2-4,6,8-11H2,1H3. The van der Waals surface area contributed by atoms with Crippen molar-refractivity contribution in [2.75, 3.05) is 13.2 Å². The molecule has 1 rings (SSSR count). The van der Waals surface area contributed by atoms with E-state index in [2.05, 4.69) is 18.8 Å². The fourth-order valence-corrected chi connectivity index (χ4v) is 1.38. The van der Waals surface area contributed by atoms with Gasteiger partial charge in [0.15, 0.2) is 6.29 Å². The molecule has 0 spiro atoms. The fraction of sp³-hybridized carbons (Fsp3) is 0.833. The molecule has 1 saturated heterocycles. The molecule has 0 radical (unpaired) electrons. The topological polar surface area (TPSA) is 18.5 Å². The van der Waals surface area contributed by atoms with Crippen LogP contribution in [-0.4, -0.2) is 19.5 Å². The number of unbranched alkanes of at least 4 members (excludes halogenated alkanes) is 2. The summed E-state index contributed by atoms with van der Waals surface area (Å²) in [5.74, 6) is 6.11. The Morgan fingerprint density at radius 3 is 3.00 bits per heavy atom. The molecule has 1 aliphatic rings. The van der Waals surface area contributed by atoms with Crippen LogP contribution in [0.1, 0.15) is 45.4 Å². The predicted molar refractivity (Wildman–Crippen MR) is 56.8 cm³/mol. The third kappa shape index (κ3) is 5.26. The van der Waals surface area contributed by atoms with Gasteiger partial charge < -0.3 is 9.47 Å². The minimum absolute atomic E-state index is 0.00391. The second kappa shape index (κ2) is 7.84. The van der Waals surface area contributed by atoms with Crippen LogP contribution in [0.5, 0.6) is 0 Å². The molecule has 1 atom stereocenters. The van der Waals surface area contributed by atoms with Gasteiger partial charge in [-0.15, -0.1) is 5.92 Å². The second-order valence-corrected chi connectivity index (χ2v) is 3.56. The maximum atomic E-state index is 5.47. The van der Waals surface area contributed by atoms with E-state index in [0.717, 1.165) is 19.4 Å². The summed E-state index contributed by atoms with van der Waals surface area (Å²) in [5.41, 5.74) is 0. The van der Waals surface area contributed by atoms with Crippen LogP contribution in [0.3, 0.4) is 0 Å². The average molecular weight is 196 g/mol. The van der Waals surface area contributed by atoms with E-state index in [1.807, 2.05) is 0 Å². The summed E-state index contributed by atoms with van der Waals surface area (Å²) in [6.07, 6.45) is 6.80. The van der Waals surface area contributed by atoms with Gasteiger partial charge in [0, 0.05) is 13.0 Å². The number of rotatable bonds is 4. The zero-order chi connectivity index (χ0) is 10.1. The fourth-order valence-electron chi connectivity index (χ4n) is 1.38. The van der Waals surface area contributed by atoms with Crippen molar-refractivity contribution in [3.63, 3.8) is 0 Å². The zero-order valence-electron chi connectivity index (χ0n) is 9.05. The van der Waals surface area contributed by atoms with Gasteiger partial charge in [0.05, 0.1) is 0 Å². The summed E-state index contributed by atoms with van der Waals surface area (Å²) in [5, 5.41) is 0. The lowest BCUT2D eigenvalue weighted by atomic mass is 10.2. The highest BCUT2D eigenvalue weighted by Gasteiger charge is 2.12. The van der Waals surface area contributed by atoms with E-state index in [1.54, 1.807) is 0 Å². The molecule has 0 aromatic carbocycles. The largest absolute Gasteiger partial charge is 0.353 e. The van der Waals surface area contributed by atoms with Gasteiger partial charge in [0.2, 0.25) is 0 Å². The average Bonchev–Trinajstić information content (AvgIpc) is 2.25. The summed E-state index contributed by atoms with van der Waals surface area (Å²) in [6.45, 7) is 3.54. The van der Waals surface area contributed by atoms with Gasteiger partial charge in [0.25, 0.3) is 0 Å². The Hall–Kier alpha value is -0.520. The summed E-state index contributed by atoms with van der Waals surface area (Å²) in [6, 6.07) is 0. The molecule has 0 N–H and O–H groups in total. The number of hydrogen-bond acceptors (Lipinski definition) is 2. The molecule has 1 aliphatic heterocycles. The first kappa shape index (κ1) is 11.6. The molecule has 0 amide bonds. The number of hydrogen-bond donors (Lipinski definition) is 0. The van der Waals surface area contributed by atoms with Crippen LogP contribution in [0.15, 0.2) is 0 Å². The molecular weight excluding hydrogens is 176 g/mol. The van der Waals surface area contributed by atoms with Crippen molar-refractivity contribution >= 4 is 0 Å². The van der Waals surface area contributed by atoms with Crippen LogP contribution < -0.4 is 0 Å². The Kier molecular flexibility index (Phi) is 6.47. The van der Waals surface area contributed by atoms with Crippen molar-refractivity contribution in [2.45, 2.75) is 51.7 Å². The van der Waals surface area contributed by atoms with E-state index in [-0.39, 0.29) is 6.29 Å². The molecule has 0 saturated carbocycles. The molecule has 0 bridgehead atoms. The smallest absolute Gasteiger partial charge is 0.158 e. The van der Waals surface area contributed by atoms with Gasteiger partial charge in [-0.3, -0.25) is 0 Å².